The third-order valence-corrected chi connectivity index (χ3v) is 22.5. The Bertz CT molecular complexity index is 3370. The van der Waals surface area contributed by atoms with Crippen molar-refractivity contribution in [3.05, 3.63) is 0 Å². The Kier molecular flexibility index (Phi) is 38.6. The monoisotopic (exact) mass is 1830 g/mol. The molecule has 9 heterocycles. The van der Waals surface area contributed by atoms with Gasteiger partial charge >= 0.3 is 0 Å². The Morgan fingerprint density at radius 3 is 1.06 bits per heavy atom. The lowest BCUT2D eigenvalue weighted by atomic mass is 9.93. The first-order valence-electron chi connectivity index (χ1n) is 39.9. The minimum Gasteiger partial charge on any atom is -0.394 e. The highest BCUT2D eigenvalue weighted by Crippen LogP contribution is 2.41. The molecule has 9 saturated heterocycles. The lowest BCUT2D eigenvalue weighted by molar-refractivity contribution is -0.407. The zero-order valence-electron chi connectivity index (χ0n) is 67.8. The van der Waals surface area contributed by atoms with Crippen LogP contribution in [0.2, 0.25) is 0 Å². The maximum Gasteiger partial charge on any atom is 0.217 e. The van der Waals surface area contributed by atoms with E-state index in [1.54, 1.807) is 0 Å². The molecule has 55 heteroatoms. The summed E-state index contributed by atoms with van der Waals surface area (Å²) >= 11 is 0. The summed E-state index contributed by atoms with van der Waals surface area (Å²) in [5.74, 6) is -4.88. The molecule has 9 aliphatic heterocycles. The van der Waals surface area contributed by atoms with Crippen molar-refractivity contribution in [2.45, 2.75) is 342 Å². The number of carbonyl (C=O) groups is 5. The largest absolute Gasteiger partial charge is 0.394 e. The van der Waals surface area contributed by atoms with E-state index >= 15 is 0 Å². The van der Waals surface area contributed by atoms with Crippen molar-refractivity contribution < 1.29 is 247 Å². The third-order valence-electron chi connectivity index (χ3n) is 22.5. The van der Waals surface area contributed by atoms with Crippen LogP contribution < -0.4 is 26.6 Å². The van der Waals surface area contributed by atoms with Crippen LogP contribution in [-0.4, -0.2) is 534 Å². The van der Waals surface area contributed by atoms with Crippen LogP contribution in [0.15, 0.2) is 0 Å². The fourth-order valence-corrected chi connectivity index (χ4v) is 15.8. The Labute approximate surface area is 709 Å². The highest BCUT2D eigenvalue weighted by Gasteiger charge is 2.62. The number of carbonyl (C=O) groups excluding carboxylic acids is 5. The standard InChI is InChI=1S/C70H119N5O50/c1-17-37(90)48(101)52(105)66(110-17)108-15-24(89)55(38(91)23(7-76)71-18(2)84)119-64-35(74-21(5)87)46(99)57(31(14-83)116-64)121-68-54(107)59(123-70-61(51(104)43(96)29(12-81)115-70)125-63-34(73-20(4)86)45(98)40(93)26(9-78)112-63)58(122-62-33(72-19(3)85)44(97)39(92)25(8-77)111-62)32(118-68)16-109-69-60(50(103)42(95)28(11-80)114-69)124-65-36(75-22(6)88)47(100)56(30(13-82)117-65)120-67-53(106)49(102)41(94)27(10-79)113-67/h17,23-70,76-83,89-107H,7-16H2,1-6H3,(H,71,84)(H,72,85)(H,73,86)(H,74,87)(H,75,88)/t17-,23-,24+,25+,26+,27+,28+,29+,30+,31+,32+,33+,34+,35+,36+,37+,38+,39+,40+,41-,42+,43+,44+,45+,46+,47+,48+,49-,50-,51-,52-,53+,54-,55+,56+,57+,58+,59+,60-,61-,62-,63-,64-,65-,66+,67-,68-,69-,70+/m0/s1. The van der Waals surface area contributed by atoms with Crippen LogP contribution in [0.25, 0.3) is 0 Å². The molecule has 125 heavy (non-hydrogen) atoms. The summed E-state index contributed by atoms with van der Waals surface area (Å²) in [7, 11) is 0. The van der Waals surface area contributed by atoms with Gasteiger partial charge in [-0.05, 0) is 6.92 Å². The van der Waals surface area contributed by atoms with Gasteiger partial charge in [0.05, 0.1) is 78.2 Å². The number of aliphatic hydroxyl groups is 27. The topological polar surface area (TPSA) is 858 Å². The van der Waals surface area contributed by atoms with E-state index < -0.39 is 396 Å². The molecule has 9 aliphatic rings. The van der Waals surface area contributed by atoms with Gasteiger partial charge in [-0.25, -0.2) is 0 Å². The van der Waals surface area contributed by atoms with Crippen molar-refractivity contribution in [2.75, 3.05) is 66.1 Å². The van der Waals surface area contributed by atoms with E-state index in [-0.39, 0.29) is 0 Å². The van der Waals surface area contributed by atoms with E-state index in [0.717, 1.165) is 34.6 Å². The molecule has 0 aromatic heterocycles. The number of rotatable bonds is 36. The molecule has 32 N–H and O–H groups in total. The minimum absolute atomic E-state index is 0.871. The van der Waals surface area contributed by atoms with E-state index in [0.29, 0.717) is 0 Å². The predicted molar refractivity (Wildman–Crippen MR) is 388 cm³/mol. The first kappa shape index (κ1) is 104. The second-order valence-corrected chi connectivity index (χ2v) is 31.5. The van der Waals surface area contributed by atoms with Crippen LogP contribution in [0.5, 0.6) is 0 Å². The lowest BCUT2D eigenvalue weighted by Gasteiger charge is -2.52. The first-order chi connectivity index (χ1) is 59.0. The fourth-order valence-electron chi connectivity index (χ4n) is 15.8. The smallest absolute Gasteiger partial charge is 0.217 e. The average molecular weight is 1830 g/mol. The van der Waals surface area contributed by atoms with Gasteiger partial charge < -0.3 is 250 Å². The van der Waals surface area contributed by atoms with Crippen LogP contribution in [-0.2, 0) is 109 Å². The van der Waals surface area contributed by atoms with Crippen LogP contribution in [0.1, 0.15) is 41.5 Å². The molecule has 0 aromatic rings. The van der Waals surface area contributed by atoms with Gasteiger partial charge in [-0.2, -0.15) is 0 Å². The van der Waals surface area contributed by atoms with Gasteiger partial charge in [-0.15, -0.1) is 0 Å². The van der Waals surface area contributed by atoms with E-state index in [4.69, 9.17) is 85.3 Å². The van der Waals surface area contributed by atoms with Gasteiger partial charge in [0.2, 0.25) is 29.5 Å². The molecule has 49 atom stereocenters. The van der Waals surface area contributed by atoms with Gasteiger partial charge in [0.1, 0.15) is 232 Å². The van der Waals surface area contributed by atoms with E-state index in [2.05, 4.69) is 26.6 Å². The predicted octanol–water partition coefficient (Wildman–Crippen LogP) is -21.4. The zero-order valence-corrected chi connectivity index (χ0v) is 67.8. The maximum absolute atomic E-state index is 13.4. The summed E-state index contributed by atoms with van der Waals surface area (Å²) in [6.07, 6.45) is -95.4. The Morgan fingerprint density at radius 2 is 0.624 bits per heavy atom. The van der Waals surface area contributed by atoms with Crippen molar-refractivity contribution in [3.8, 4) is 0 Å². The third kappa shape index (κ3) is 24.1. The van der Waals surface area contributed by atoms with Crippen molar-refractivity contribution in [3.63, 3.8) is 0 Å². The molecule has 724 valence electrons. The molecule has 0 spiro atoms. The molecule has 55 nitrogen and oxygen atoms in total. The molecule has 0 radical (unpaired) electrons. The van der Waals surface area contributed by atoms with Crippen molar-refractivity contribution >= 4 is 29.5 Å². The minimum atomic E-state index is -2.78. The molecular formula is C70H119N5O50. The summed E-state index contributed by atoms with van der Waals surface area (Å²) in [6.45, 7) is -5.95. The number of aliphatic hydroxyl groups excluding tert-OH is 27. The normalized spacial score (nSPS) is 46.1. The number of nitrogens with one attached hydrogen (secondary N) is 5. The van der Waals surface area contributed by atoms with E-state index in [1.807, 2.05) is 0 Å². The summed E-state index contributed by atoms with van der Waals surface area (Å²) in [5, 5.41) is 315. The van der Waals surface area contributed by atoms with Gasteiger partial charge in [0.25, 0.3) is 0 Å². The highest BCUT2D eigenvalue weighted by molar-refractivity contribution is 5.75. The van der Waals surface area contributed by atoms with Crippen molar-refractivity contribution in [2.24, 2.45) is 0 Å². The van der Waals surface area contributed by atoms with Gasteiger partial charge in [-0.1, -0.05) is 0 Å². The number of amides is 5. The average Bonchev–Trinajstić information content (AvgIpc) is 0.755. The number of hydrogen-bond donors (Lipinski definition) is 32. The molecule has 0 bridgehead atoms. The zero-order chi connectivity index (χ0) is 92.5. The highest BCUT2D eigenvalue weighted by atomic mass is 16.8. The lowest BCUT2D eigenvalue weighted by Crippen LogP contribution is -2.71. The molecule has 0 aromatic carbocycles. The number of hydrogen-bond acceptors (Lipinski definition) is 50. The molecule has 0 saturated carbocycles. The Balaban J connectivity index is 1.17. The Morgan fingerprint density at radius 1 is 0.296 bits per heavy atom. The molecule has 0 aliphatic carbocycles. The molecule has 9 rings (SSSR count). The second-order valence-electron chi connectivity index (χ2n) is 31.5. The van der Waals surface area contributed by atoms with Gasteiger partial charge in [0, 0.05) is 34.6 Å². The first-order valence-corrected chi connectivity index (χ1v) is 39.9. The number of ether oxygens (including phenoxy) is 18. The quantitative estimate of drug-likeness (QED) is 0.0277. The van der Waals surface area contributed by atoms with Crippen molar-refractivity contribution in [1.29, 1.82) is 0 Å². The summed E-state index contributed by atoms with van der Waals surface area (Å²) in [6, 6.07) is -9.86. The fraction of sp³-hybridized carbons (Fsp3) is 0.929. The van der Waals surface area contributed by atoms with Crippen LogP contribution in [0.3, 0.4) is 0 Å². The van der Waals surface area contributed by atoms with Crippen molar-refractivity contribution in [1.82, 2.24) is 26.6 Å². The van der Waals surface area contributed by atoms with Crippen LogP contribution in [0, 0.1) is 0 Å². The Hall–Kier alpha value is -4.45. The molecular weight excluding hydrogens is 1710 g/mol. The van der Waals surface area contributed by atoms with Crippen LogP contribution in [0.4, 0.5) is 0 Å². The summed E-state index contributed by atoms with van der Waals surface area (Å²) < 4.78 is 109. The molecule has 5 amide bonds. The van der Waals surface area contributed by atoms with Gasteiger partial charge in [-0.3, -0.25) is 24.0 Å². The second kappa shape index (κ2) is 46.3. The summed E-state index contributed by atoms with van der Waals surface area (Å²) in [4.78, 5) is 64.8. The SMILES string of the molecule is CC(=O)N[C@H]1[C@H](O[C@@H]([C@H](O)[C@H](CO)NC(C)=O)[C@H](O)CO[C@@H]2O[C@@H](C)[C@@H](O)[C@@H](O)[C@@H]2O)O[C@H](CO)[C@@H](O[C@@H]2O[C@H](CO[C@H]3O[C@H](CO)[C@@H](O)[C@H](O)[C@@H]3O[C@@H]3O[C@H](CO)[C@@H](O[C@@H]4O[C@H](CO)[C@H](O)[C@H](O)[C@H]4O)[C@H](O)[C@H]3NC(C)=O)[C@@H](O[C@@H]3O[C@H](CO)[C@@H](O)[C@H](O)[C@H]3NC(C)=O)[C@H](O[C@H]3O[C@H](CO)[C@@H](O)[C@H](O)[C@@H]3O[C@@H]3O[C@H](CO)[C@@H](O)[C@H](O)[C@H]3NC(C)=O)[C@@H]2O)[C@@H]1O. The maximum atomic E-state index is 13.4. The molecule has 0 unspecified atom stereocenters. The summed E-state index contributed by atoms with van der Waals surface area (Å²) in [5.41, 5.74) is 0. The van der Waals surface area contributed by atoms with Crippen LogP contribution >= 0.6 is 0 Å². The van der Waals surface area contributed by atoms with E-state index in [1.165, 1.54) is 6.92 Å². The van der Waals surface area contributed by atoms with E-state index in [9.17, 15) is 162 Å². The van der Waals surface area contributed by atoms with Gasteiger partial charge in [0.15, 0.2) is 56.6 Å². The molecule has 9 fully saturated rings.